The highest BCUT2D eigenvalue weighted by atomic mass is 35.5. The first-order valence-electron chi connectivity index (χ1n) is 6.02. The summed E-state index contributed by atoms with van der Waals surface area (Å²) in [6, 6.07) is 5.55. The molecule has 1 fully saturated rings. The predicted molar refractivity (Wildman–Crippen MR) is 78.0 cm³/mol. The largest absolute Gasteiger partial charge is 0.398 e. The van der Waals surface area contributed by atoms with Gasteiger partial charge >= 0.3 is 0 Å². The topological polar surface area (TPSA) is 55.6 Å². The molecule has 3 rings (SSSR count). The first-order chi connectivity index (χ1) is 9.18. The van der Waals surface area contributed by atoms with Crippen molar-refractivity contribution in [2.24, 2.45) is 0 Å². The maximum atomic E-state index is 12.5. The Labute approximate surface area is 119 Å². The van der Waals surface area contributed by atoms with Crippen LogP contribution in [0.2, 0.25) is 5.02 Å². The van der Waals surface area contributed by atoms with Crippen LogP contribution in [0.3, 0.4) is 0 Å². The number of hydrogen-bond donors (Lipinski definition) is 1. The average molecular weight is 297 g/mol. The Hall–Kier alpha value is -1.30. The quantitative estimate of drug-likeness (QED) is 0.823. The molecule has 1 aliphatic rings. The minimum Gasteiger partial charge on any atom is -0.398 e. The van der Waals surface area contributed by atoms with E-state index in [4.69, 9.17) is 22.1 Å². The van der Waals surface area contributed by atoms with Crippen LogP contribution in [0.4, 0.5) is 5.69 Å². The molecule has 0 bridgehead atoms. The molecule has 0 spiro atoms. The number of thiophene rings is 1. The van der Waals surface area contributed by atoms with Crippen molar-refractivity contribution < 1.29 is 9.53 Å². The molecule has 1 aromatic heterocycles. The molecule has 1 saturated heterocycles. The van der Waals surface area contributed by atoms with Gasteiger partial charge in [0.05, 0.1) is 22.9 Å². The van der Waals surface area contributed by atoms with Gasteiger partial charge in [-0.15, -0.1) is 11.3 Å². The molecule has 1 aliphatic heterocycles. The van der Waals surface area contributed by atoms with Crippen LogP contribution in [0.5, 0.6) is 0 Å². The molecule has 0 aliphatic carbocycles. The molecule has 19 heavy (non-hydrogen) atoms. The lowest BCUT2D eigenvalue weighted by molar-refractivity contribution is 0.0306. The second kappa shape index (κ2) is 5.00. The summed E-state index contributed by atoms with van der Waals surface area (Å²) in [6.07, 6.45) is 0. The van der Waals surface area contributed by atoms with Crippen LogP contribution in [0.25, 0.3) is 10.1 Å². The van der Waals surface area contributed by atoms with Gasteiger partial charge in [-0.3, -0.25) is 4.79 Å². The van der Waals surface area contributed by atoms with Gasteiger partial charge in [0.15, 0.2) is 0 Å². The van der Waals surface area contributed by atoms with Crippen molar-refractivity contribution in [3.63, 3.8) is 0 Å². The second-order valence-electron chi connectivity index (χ2n) is 4.37. The van der Waals surface area contributed by atoms with Gasteiger partial charge in [-0.05, 0) is 6.07 Å². The fourth-order valence-electron chi connectivity index (χ4n) is 2.16. The number of rotatable bonds is 1. The van der Waals surface area contributed by atoms with Crippen molar-refractivity contribution >= 4 is 44.6 Å². The SMILES string of the molecule is Nc1cccc2c(Cl)c(C(=O)N3CCOCC3)sc12. The number of halogens is 1. The fraction of sp³-hybridized carbons (Fsp3) is 0.308. The first-order valence-corrected chi connectivity index (χ1v) is 7.21. The number of morpholine rings is 1. The molecule has 0 unspecified atom stereocenters. The zero-order chi connectivity index (χ0) is 13.4. The van der Waals surface area contributed by atoms with E-state index >= 15 is 0 Å². The Morgan fingerprint density at radius 1 is 1.37 bits per heavy atom. The van der Waals surface area contributed by atoms with Crippen molar-refractivity contribution in [2.75, 3.05) is 32.0 Å². The van der Waals surface area contributed by atoms with E-state index in [9.17, 15) is 4.79 Å². The van der Waals surface area contributed by atoms with E-state index in [1.54, 1.807) is 4.90 Å². The molecule has 1 aromatic carbocycles. The van der Waals surface area contributed by atoms with Crippen LogP contribution in [0.15, 0.2) is 18.2 Å². The molecule has 2 N–H and O–H groups in total. The third-order valence-electron chi connectivity index (χ3n) is 3.18. The lowest BCUT2D eigenvalue weighted by Crippen LogP contribution is -2.40. The lowest BCUT2D eigenvalue weighted by Gasteiger charge is -2.26. The highest BCUT2D eigenvalue weighted by Crippen LogP contribution is 2.38. The van der Waals surface area contributed by atoms with E-state index in [-0.39, 0.29) is 5.91 Å². The van der Waals surface area contributed by atoms with Gasteiger partial charge in [-0.25, -0.2) is 0 Å². The molecule has 2 heterocycles. The normalized spacial score (nSPS) is 15.9. The highest BCUT2D eigenvalue weighted by Gasteiger charge is 2.24. The Morgan fingerprint density at radius 2 is 2.11 bits per heavy atom. The zero-order valence-corrected chi connectivity index (χ0v) is 11.8. The number of nitrogens with zero attached hydrogens (tertiary/aromatic N) is 1. The van der Waals surface area contributed by atoms with E-state index in [0.29, 0.717) is 41.9 Å². The summed E-state index contributed by atoms with van der Waals surface area (Å²) in [5.74, 6) is -0.0334. The highest BCUT2D eigenvalue weighted by molar-refractivity contribution is 7.22. The monoisotopic (exact) mass is 296 g/mol. The Bertz CT molecular complexity index is 635. The molecular weight excluding hydrogens is 284 g/mol. The zero-order valence-electron chi connectivity index (χ0n) is 10.2. The van der Waals surface area contributed by atoms with Gasteiger partial charge in [-0.2, -0.15) is 0 Å². The van der Waals surface area contributed by atoms with Crippen LogP contribution >= 0.6 is 22.9 Å². The smallest absolute Gasteiger partial charge is 0.265 e. The molecule has 100 valence electrons. The lowest BCUT2D eigenvalue weighted by atomic mass is 10.2. The predicted octanol–water partition coefficient (Wildman–Crippen LogP) is 2.61. The van der Waals surface area contributed by atoms with Crippen LogP contribution in [0.1, 0.15) is 9.67 Å². The van der Waals surface area contributed by atoms with Crippen LogP contribution in [-0.2, 0) is 4.74 Å². The number of nitrogen functional groups attached to an aromatic ring is 1. The van der Waals surface area contributed by atoms with Gasteiger partial charge in [0.2, 0.25) is 0 Å². The standard InChI is InChI=1S/C13H13ClN2O2S/c14-10-8-2-1-3-9(15)11(8)19-12(10)13(17)16-4-6-18-7-5-16/h1-3H,4-7,15H2. The molecule has 6 heteroatoms. The molecule has 0 saturated carbocycles. The number of amides is 1. The summed E-state index contributed by atoms with van der Waals surface area (Å²) in [4.78, 5) is 14.8. The van der Waals surface area contributed by atoms with Crippen molar-refractivity contribution in [1.82, 2.24) is 4.90 Å². The van der Waals surface area contributed by atoms with Crippen molar-refractivity contribution in [1.29, 1.82) is 0 Å². The number of carbonyl (C=O) groups is 1. The van der Waals surface area contributed by atoms with E-state index in [2.05, 4.69) is 0 Å². The summed E-state index contributed by atoms with van der Waals surface area (Å²) in [5, 5.41) is 1.35. The van der Waals surface area contributed by atoms with E-state index in [1.165, 1.54) is 11.3 Å². The molecule has 2 aromatic rings. The number of nitrogens with two attached hydrogens (primary N) is 1. The van der Waals surface area contributed by atoms with Gasteiger partial charge in [0, 0.05) is 24.2 Å². The maximum Gasteiger partial charge on any atom is 0.265 e. The number of benzene rings is 1. The summed E-state index contributed by atoms with van der Waals surface area (Å²) in [7, 11) is 0. The Balaban J connectivity index is 2.02. The summed E-state index contributed by atoms with van der Waals surface area (Å²) in [6.45, 7) is 2.38. The Kier molecular flexibility index (Phi) is 3.35. The van der Waals surface area contributed by atoms with Gasteiger partial charge < -0.3 is 15.4 Å². The number of hydrogen-bond acceptors (Lipinski definition) is 4. The minimum absolute atomic E-state index is 0.0334. The Morgan fingerprint density at radius 3 is 2.79 bits per heavy atom. The summed E-state index contributed by atoms with van der Waals surface area (Å²) < 4.78 is 6.13. The average Bonchev–Trinajstić information content (AvgIpc) is 2.78. The molecular formula is C13H13ClN2O2S. The third kappa shape index (κ3) is 2.18. The van der Waals surface area contributed by atoms with Crippen LogP contribution in [-0.4, -0.2) is 37.1 Å². The van der Waals surface area contributed by atoms with E-state index in [0.717, 1.165) is 10.1 Å². The molecule has 0 radical (unpaired) electrons. The number of fused-ring (bicyclic) bond motifs is 1. The van der Waals surface area contributed by atoms with Gasteiger partial charge in [-0.1, -0.05) is 23.7 Å². The van der Waals surface area contributed by atoms with Crippen LogP contribution in [0, 0.1) is 0 Å². The first kappa shape index (κ1) is 12.7. The summed E-state index contributed by atoms with van der Waals surface area (Å²) in [5.41, 5.74) is 6.58. The fourth-order valence-corrected chi connectivity index (χ4v) is 3.65. The third-order valence-corrected chi connectivity index (χ3v) is 4.93. The van der Waals surface area contributed by atoms with Gasteiger partial charge in [0.25, 0.3) is 5.91 Å². The molecule has 0 atom stereocenters. The van der Waals surface area contributed by atoms with Crippen molar-refractivity contribution in [3.05, 3.63) is 28.1 Å². The molecule has 4 nitrogen and oxygen atoms in total. The number of carbonyl (C=O) groups excluding carboxylic acids is 1. The number of ether oxygens (including phenoxy) is 1. The van der Waals surface area contributed by atoms with E-state index < -0.39 is 0 Å². The minimum atomic E-state index is -0.0334. The van der Waals surface area contributed by atoms with Crippen molar-refractivity contribution in [2.45, 2.75) is 0 Å². The molecule has 1 amide bonds. The second-order valence-corrected chi connectivity index (χ2v) is 5.77. The van der Waals surface area contributed by atoms with E-state index in [1.807, 2.05) is 18.2 Å². The van der Waals surface area contributed by atoms with Crippen molar-refractivity contribution in [3.8, 4) is 0 Å². The van der Waals surface area contributed by atoms with Crippen LogP contribution < -0.4 is 5.73 Å². The summed E-state index contributed by atoms with van der Waals surface area (Å²) >= 11 is 7.68. The van der Waals surface area contributed by atoms with Gasteiger partial charge in [0.1, 0.15) is 4.88 Å². The maximum absolute atomic E-state index is 12.5. The number of anilines is 1.